The van der Waals surface area contributed by atoms with E-state index in [1.165, 1.54) is 11.3 Å². The van der Waals surface area contributed by atoms with Gasteiger partial charge in [0.25, 0.3) is 5.91 Å². The predicted octanol–water partition coefficient (Wildman–Crippen LogP) is 7.91. The lowest BCUT2D eigenvalue weighted by Gasteiger charge is -2.37. The topological polar surface area (TPSA) is 143 Å². The van der Waals surface area contributed by atoms with Crippen LogP contribution in [0.25, 0.3) is 21.3 Å². The van der Waals surface area contributed by atoms with E-state index in [1.54, 1.807) is 0 Å². The van der Waals surface area contributed by atoms with E-state index in [9.17, 15) is 19.5 Å². The number of aliphatic carboxylic acids is 1. The number of fused-ring (bicyclic) bond motifs is 4. The first-order chi connectivity index (χ1) is 27.9. The summed E-state index contributed by atoms with van der Waals surface area (Å²) in [6.45, 7) is 9.43. The Morgan fingerprint density at radius 1 is 0.914 bits per heavy atom. The number of hydrogen-bond acceptors (Lipinski definition) is 11. The first-order valence-corrected chi connectivity index (χ1v) is 20.8. The molecule has 302 valence electrons. The van der Waals surface area contributed by atoms with E-state index in [4.69, 9.17) is 19.2 Å². The summed E-state index contributed by atoms with van der Waals surface area (Å²) in [5.74, 6) is -0.230. The number of aromatic nitrogens is 2. The Hall–Kier alpha value is -5.37. The second-order valence-electron chi connectivity index (χ2n) is 16.3. The number of thiazole rings is 1. The zero-order chi connectivity index (χ0) is 40.6. The van der Waals surface area contributed by atoms with E-state index in [1.807, 2.05) is 94.4 Å². The molecule has 8 rings (SSSR count). The van der Waals surface area contributed by atoms with Crippen LogP contribution in [0.4, 0.5) is 10.9 Å². The van der Waals surface area contributed by atoms with Crippen molar-refractivity contribution < 1.29 is 33.7 Å². The molecule has 5 aromatic rings. The number of carbonyl (C=O) groups excluding carboxylic acids is 2. The fraction of sp³-hybridized carbons (Fsp3) is 0.400. The van der Waals surface area contributed by atoms with E-state index in [-0.39, 0.29) is 36.3 Å². The highest BCUT2D eigenvalue weighted by Crippen LogP contribution is 2.38. The lowest BCUT2D eigenvalue weighted by molar-refractivity contribution is -0.140. The molecule has 3 aromatic carbocycles. The van der Waals surface area contributed by atoms with Crippen molar-refractivity contribution >= 4 is 50.3 Å². The van der Waals surface area contributed by atoms with Crippen molar-refractivity contribution in [3.63, 3.8) is 0 Å². The van der Waals surface area contributed by atoms with E-state index in [0.717, 1.165) is 58.2 Å². The minimum absolute atomic E-state index is 0.0844. The Bertz CT molecular complexity index is 2310. The minimum Gasteiger partial charge on any atom is -0.491 e. The standard InChI is InChI=1S/C45H49N5O7S/c1-27-32(10-8-13-37(27)56-22-21-55-31-23-29-15-16-30(24-31)50(29)26-40(51)52)33-17-18-39(47-41(33)43(54)57-45(2,3)4)49-20-19-28-9-7-11-34(35(28)25-49)42(53)48-44-46-36-12-5-6-14-38(36)58-44/h5-14,17-18,29-31H,15-16,19-26H2,1-4H3,(H,51,52)(H,46,48,53). The maximum absolute atomic E-state index is 13.9. The molecule has 3 aliphatic heterocycles. The molecule has 2 saturated heterocycles. The largest absolute Gasteiger partial charge is 0.491 e. The summed E-state index contributed by atoms with van der Waals surface area (Å²) in [6.07, 6.45) is 4.48. The molecule has 2 bridgehead atoms. The van der Waals surface area contributed by atoms with E-state index >= 15 is 0 Å². The highest BCUT2D eigenvalue weighted by atomic mass is 32.1. The molecule has 2 unspecified atom stereocenters. The van der Waals surface area contributed by atoms with Crippen LogP contribution in [0.2, 0.25) is 0 Å². The van der Waals surface area contributed by atoms with Crippen molar-refractivity contribution in [3.8, 4) is 16.9 Å². The van der Waals surface area contributed by atoms with Crippen molar-refractivity contribution in [3.05, 3.63) is 101 Å². The molecule has 2 fully saturated rings. The zero-order valence-corrected chi connectivity index (χ0v) is 34.1. The van der Waals surface area contributed by atoms with Gasteiger partial charge in [-0.1, -0.05) is 47.7 Å². The van der Waals surface area contributed by atoms with Gasteiger partial charge in [0.05, 0.1) is 29.5 Å². The quantitative estimate of drug-likeness (QED) is 0.0939. The average molecular weight is 804 g/mol. The van der Waals surface area contributed by atoms with Crippen molar-refractivity contribution in [2.75, 3.05) is 36.5 Å². The van der Waals surface area contributed by atoms with Crippen LogP contribution in [-0.4, -0.2) is 87.9 Å². The third kappa shape index (κ3) is 8.57. The van der Waals surface area contributed by atoms with Crippen LogP contribution < -0.4 is 15.0 Å². The van der Waals surface area contributed by atoms with Crippen molar-refractivity contribution in [1.29, 1.82) is 0 Å². The fourth-order valence-electron chi connectivity index (χ4n) is 8.61. The molecular weight excluding hydrogens is 755 g/mol. The maximum Gasteiger partial charge on any atom is 0.358 e. The number of nitrogens with one attached hydrogen (secondary N) is 1. The first-order valence-electron chi connectivity index (χ1n) is 20.0. The van der Waals surface area contributed by atoms with Gasteiger partial charge in [-0.3, -0.25) is 19.8 Å². The summed E-state index contributed by atoms with van der Waals surface area (Å²) in [4.78, 5) is 52.7. The summed E-state index contributed by atoms with van der Waals surface area (Å²) in [7, 11) is 0. The number of anilines is 2. The summed E-state index contributed by atoms with van der Waals surface area (Å²) in [6, 6.07) is 23.7. The number of carbonyl (C=O) groups is 3. The van der Waals surface area contributed by atoms with Gasteiger partial charge in [0.2, 0.25) is 0 Å². The molecule has 2 N–H and O–H groups in total. The number of rotatable bonds is 12. The number of amides is 1. The van der Waals surface area contributed by atoms with Crippen molar-refractivity contribution in [1.82, 2.24) is 14.9 Å². The smallest absolute Gasteiger partial charge is 0.358 e. The van der Waals surface area contributed by atoms with Gasteiger partial charge in [0, 0.05) is 36.3 Å². The van der Waals surface area contributed by atoms with Crippen molar-refractivity contribution in [2.24, 2.45) is 0 Å². The van der Waals surface area contributed by atoms with Gasteiger partial charge in [0.1, 0.15) is 23.8 Å². The lowest BCUT2D eigenvalue weighted by atomic mass is 9.94. The lowest BCUT2D eigenvalue weighted by Crippen LogP contribution is -2.47. The summed E-state index contributed by atoms with van der Waals surface area (Å²) < 4.78 is 19.4. The van der Waals surface area contributed by atoms with Gasteiger partial charge in [-0.15, -0.1) is 0 Å². The number of carboxylic acids is 1. The number of benzene rings is 3. The van der Waals surface area contributed by atoms with E-state index in [2.05, 4.69) is 26.2 Å². The molecule has 0 aliphatic carbocycles. The van der Waals surface area contributed by atoms with Gasteiger partial charge < -0.3 is 24.2 Å². The Kier molecular flexibility index (Phi) is 11.2. The molecule has 13 heteroatoms. The summed E-state index contributed by atoms with van der Waals surface area (Å²) in [5, 5.41) is 12.9. The van der Waals surface area contributed by atoms with Gasteiger partial charge in [-0.05, 0) is 118 Å². The normalized spacial score (nSPS) is 19.2. The molecule has 0 saturated carbocycles. The molecular formula is C45H49N5O7S. The van der Waals surface area contributed by atoms with Crippen LogP contribution in [-0.2, 0) is 27.2 Å². The van der Waals surface area contributed by atoms with Crippen LogP contribution in [0.15, 0.2) is 72.8 Å². The third-order valence-electron chi connectivity index (χ3n) is 11.3. The van der Waals surface area contributed by atoms with E-state index < -0.39 is 17.5 Å². The van der Waals surface area contributed by atoms with Gasteiger partial charge >= 0.3 is 11.9 Å². The number of nitrogens with zero attached hydrogens (tertiary/aromatic N) is 4. The Morgan fingerprint density at radius 2 is 1.69 bits per heavy atom. The Labute approximate surface area is 342 Å². The van der Waals surface area contributed by atoms with Crippen molar-refractivity contribution in [2.45, 2.75) is 90.1 Å². The number of ether oxygens (including phenoxy) is 3. The van der Waals surface area contributed by atoms with Crippen LogP contribution in [0, 0.1) is 6.92 Å². The second-order valence-corrected chi connectivity index (χ2v) is 17.3. The summed E-state index contributed by atoms with van der Waals surface area (Å²) in [5.41, 5.74) is 5.19. The van der Waals surface area contributed by atoms with Crippen LogP contribution >= 0.6 is 11.3 Å². The number of hydrogen-bond donors (Lipinski definition) is 2. The zero-order valence-electron chi connectivity index (χ0n) is 33.3. The highest BCUT2D eigenvalue weighted by Gasteiger charge is 2.41. The number of carboxylic acid groups (broad SMARTS) is 1. The SMILES string of the molecule is Cc1c(OCCOC2CC3CCC(C2)N3CC(=O)O)cccc1-c1ccc(N2CCc3cccc(C(=O)Nc4nc5ccccc5s4)c3C2)nc1C(=O)OC(C)(C)C. The van der Waals surface area contributed by atoms with Gasteiger partial charge in [-0.25, -0.2) is 14.8 Å². The van der Waals surface area contributed by atoms with E-state index in [0.29, 0.717) is 60.5 Å². The second kappa shape index (κ2) is 16.5. The minimum atomic E-state index is -0.779. The molecule has 58 heavy (non-hydrogen) atoms. The summed E-state index contributed by atoms with van der Waals surface area (Å²) >= 11 is 1.44. The average Bonchev–Trinajstić information content (AvgIpc) is 3.69. The Balaban J connectivity index is 0.987. The molecule has 2 aromatic heterocycles. The fourth-order valence-corrected chi connectivity index (χ4v) is 9.47. The number of para-hydroxylation sites is 1. The molecule has 0 spiro atoms. The van der Waals surface area contributed by atoms with Crippen LogP contribution in [0.1, 0.15) is 84.0 Å². The molecule has 3 aliphatic rings. The monoisotopic (exact) mass is 803 g/mol. The van der Waals surface area contributed by atoms with Gasteiger partial charge in [-0.2, -0.15) is 0 Å². The molecule has 12 nitrogen and oxygen atoms in total. The number of piperidine rings is 1. The maximum atomic E-state index is 13.9. The van der Waals surface area contributed by atoms with Crippen LogP contribution in [0.5, 0.6) is 5.75 Å². The predicted molar refractivity (Wildman–Crippen MR) is 224 cm³/mol. The van der Waals surface area contributed by atoms with Crippen LogP contribution in [0.3, 0.4) is 0 Å². The number of esters is 1. The van der Waals surface area contributed by atoms with Gasteiger partial charge in [0.15, 0.2) is 10.8 Å². The highest BCUT2D eigenvalue weighted by molar-refractivity contribution is 7.22. The molecule has 5 heterocycles. The third-order valence-corrected chi connectivity index (χ3v) is 12.2. The first kappa shape index (κ1) is 39.5. The molecule has 1 amide bonds. The number of pyridine rings is 1. The molecule has 0 radical (unpaired) electrons. The Morgan fingerprint density at radius 3 is 2.45 bits per heavy atom. The molecule has 2 atom stereocenters.